The van der Waals surface area contributed by atoms with Gasteiger partial charge in [-0.15, -0.1) is 0 Å². The van der Waals surface area contributed by atoms with Crippen molar-refractivity contribution in [3.8, 4) is 0 Å². The fourth-order valence-electron chi connectivity index (χ4n) is 2.42. The van der Waals surface area contributed by atoms with Crippen LogP contribution in [-0.4, -0.2) is 39.3 Å². The van der Waals surface area contributed by atoms with E-state index in [-0.39, 0.29) is 24.7 Å². The lowest BCUT2D eigenvalue weighted by Gasteiger charge is -2.37. The summed E-state index contributed by atoms with van der Waals surface area (Å²) in [5.41, 5.74) is -0.319. The molecule has 2 aliphatic rings. The van der Waals surface area contributed by atoms with Crippen LogP contribution in [0.15, 0.2) is 29.2 Å². The third-order valence-corrected chi connectivity index (χ3v) is 5.51. The molecule has 0 radical (unpaired) electrons. The normalized spacial score (nSPS) is 20.8. The number of sulfonamides is 1. The minimum atomic E-state index is -3.71. The van der Waals surface area contributed by atoms with Gasteiger partial charge in [-0.1, -0.05) is 18.2 Å². The van der Waals surface area contributed by atoms with Gasteiger partial charge in [-0.25, -0.2) is 13.1 Å². The minimum Gasteiger partial charge on any atom is -0.481 e. The number of hydrogen-bond donors (Lipinski definition) is 2. The second-order valence-corrected chi connectivity index (χ2v) is 7.45. The predicted molar refractivity (Wildman–Crippen MR) is 74.5 cm³/mol. The summed E-state index contributed by atoms with van der Waals surface area (Å²) < 4.78 is 32.3. The van der Waals surface area contributed by atoms with Crippen molar-refractivity contribution >= 4 is 16.0 Å². The van der Waals surface area contributed by atoms with Gasteiger partial charge in [-0.3, -0.25) is 4.79 Å². The number of carbonyl (C=O) groups is 1. The van der Waals surface area contributed by atoms with Crippen LogP contribution >= 0.6 is 0 Å². The molecule has 1 aliphatic heterocycles. The monoisotopic (exact) mass is 311 g/mol. The molecule has 0 aromatic heterocycles. The number of rotatable bonds is 6. The molecular weight excluding hydrogens is 294 g/mol. The van der Waals surface area contributed by atoms with E-state index in [1.54, 1.807) is 12.1 Å². The first-order valence-corrected chi connectivity index (χ1v) is 8.33. The summed E-state index contributed by atoms with van der Waals surface area (Å²) in [6.45, 7) is -0.0755. The van der Waals surface area contributed by atoms with E-state index in [1.165, 1.54) is 0 Å². The quantitative estimate of drug-likeness (QED) is 0.816. The van der Waals surface area contributed by atoms with Crippen molar-refractivity contribution in [1.29, 1.82) is 0 Å². The number of ether oxygens (including phenoxy) is 1. The lowest BCUT2D eigenvalue weighted by Crippen LogP contribution is -2.55. The highest BCUT2D eigenvalue weighted by Gasteiger charge is 2.47. The molecule has 1 aliphatic carbocycles. The smallest absolute Gasteiger partial charge is 0.315 e. The summed E-state index contributed by atoms with van der Waals surface area (Å²) in [6, 6.07) is 6.90. The first kappa shape index (κ1) is 14.5. The van der Waals surface area contributed by atoms with E-state index in [1.807, 2.05) is 12.1 Å². The molecule has 0 amide bonds. The van der Waals surface area contributed by atoms with Crippen LogP contribution in [0.25, 0.3) is 0 Å². The molecular formula is C14H17NO5S. The summed E-state index contributed by atoms with van der Waals surface area (Å²) in [5.74, 6) is -0.731. The Kier molecular flexibility index (Phi) is 3.51. The summed E-state index contributed by atoms with van der Waals surface area (Å²) in [4.78, 5) is 11.5. The van der Waals surface area contributed by atoms with Crippen LogP contribution in [0.1, 0.15) is 24.3 Å². The van der Waals surface area contributed by atoms with Gasteiger partial charge in [0, 0.05) is 6.54 Å². The van der Waals surface area contributed by atoms with Gasteiger partial charge in [0.05, 0.1) is 18.1 Å². The van der Waals surface area contributed by atoms with Crippen LogP contribution in [0.3, 0.4) is 0 Å². The Morgan fingerprint density at radius 3 is 2.52 bits per heavy atom. The predicted octanol–water partition coefficient (Wildman–Crippen LogP) is 0.943. The highest BCUT2D eigenvalue weighted by molar-refractivity contribution is 7.89. The second-order valence-electron chi connectivity index (χ2n) is 5.71. The second kappa shape index (κ2) is 5.08. The van der Waals surface area contributed by atoms with Crippen molar-refractivity contribution in [2.24, 2.45) is 5.41 Å². The molecule has 1 aromatic carbocycles. The number of nitrogens with one attached hydrogen (secondary N) is 1. The molecule has 114 valence electrons. The average Bonchev–Trinajstić information content (AvgIpc) is 3.21. The molecule has 0 bridgehead atoms. The molecule has 0 atom stereocenters. The molecule has 2 fully saturated rings. The van der Waals surface area contributed by atoms with E-state index in [0.29, 0.717) is 5.92 Å². The van der Waals surface area contributed by atoms with Gasteiger partial charge >= 0.3 is 5.97 Å². The van der Waals surface area contributed by atoms with Gasteiger partial charge in [-0.05, 0) is 30.4 Å². The van der Waals surface area contributed by atoms with E-state index in [9.17, 15) is 18.3 Å². The van der Waals surface area contributed by atoms with Crippen molar-refractivity contribution in [2.75, 3.05) is 19.8 Å². The maximum absolute atomic E-state index is 12.4. The molecule has 7 heteroatoms. The topological polar surface area (TPSA) is 92.7 Å². The average molecular weight is 311 g/mol. The Balaban J connectivity index is 1.80. The zero-order valence-electron chi connectivity index (χ0n) is 11.4. The van der Waals surface area contributed by atoms with E-state index in [0.717, 1.165) is 18.4 Å². The Bertz CT molecular complexity index is 662. The van der Waals surface area contributed by atoms with E-state index in [4.69, 9.17) is 4.74 Å². The van der Waals surface area contributed by atoms with Crippen LogP contribution in [0.5, 0.6) is 0 Å². The van der Waals surface area contributed by atoms with Gasteiger partial charge in [0.25, 0.3) is 0 Å². The van der Waals surface area contributed by atoms with Gasteiger partial charge in [0.1, 0.15) is 5.41 Å². The van der Waals surface area contributed by atoms with Gasteiger partial charge in [-0.2, -0.15) is 0 Å². The molecule has 1 aromatic rings. The maximum atomic E-state index is 12.4. The Labute approximate surface area is 123 Å². The van der Waals surface area contributed by atoms with E-state index < -0.39 is 21.4 Å². The number of carboxylic acids is 1. The van der Waals surface area contributed by atoms with Gasteiger partial charge in [0.15, 0.2) is 0 Å². The Morgan fingerprint density at radius 1 is 1.33 bits per heavy atom. The van der Waals surface area contributed by atoms with Crippen molar-refractivity contribution < 1.29 is 23.1 Å². The standard InChI is InChI=1S/C14H17NO5S/c16-13(17)14(8-20-9-14)7-15-21(18,19)12-4-2-1-3-11(12)10-5-6-10/h1-4,10,15H,5-9H2,(H,16,17). The SMILES string of the molecule is O=C(O)C1(CNS(=O)(=O)c2ccccc2C2CC2)COC1. The lowest BCUT2D eigenvalue weighted by molar-refractivity contribution is -0.177. The zero-order valence-corrected chi connectivity index (χ0v) is 12.2. The Hall–Kier alpha value is -1.44. The van der Waals surface area contributed by atoms with E-state index >= 15 is 0 Å². The first-order valence-electron chi connectivity index (χ1n) is 6.84. The van der Waals surface area contributed by atoms with Gasteiger partial charge < -0.3 is 9.84 Å². The molecule has 6 nitrogen and oxygen atoms in total. The zero-order chi connectivity index (χ0) is 15.1. The first-order chi connectivity index (χ1) is 9.95. The third-order valence-electron chi connectivity index (χ3n) is 4.04. The highest BCUT2D eigenvalue weighted by atomic mass is 32.2. The molecule has 1 heterocycles. The summed E-state index contributed by atoms with van der Waals surface area (Å²) in [6.07, 6.45) is 2.00. The van der Waals surface area contributed by atoms with Crippen LogP contribution in [0.4, 0.5) is 0 Å². The molecule has 21 heavy (non-hydrogen) atoms. The molecule has 0 spiro atoms. The molecule has 1 saturated heterocycles. The van der Waals surface area contributed by atoms with Crippen LogP contribution in [-0.2, 0) is 19.6 Å². The summed E-state index contributed by atoms with van der Waals surface area (Å²) >= 11 is 0. The van der Waals surface area contributed by atoms with E-state index in [2.05, 4.69) is 4.72 Å². The van der Waals surface area contributed by atoms with Crippen molar-refractivity contribution in [3.05, 3.63) is 29.8 Å². The van der Waals surface area contributed by atoms with Crippen molar-refractivity contribution in [2.45, 2.75) is 23.7 Å². The lowest BCUT2D eigenvalue weighted by atomic mass is 9.86. The van der Waals surface area contributed by atoms with Crippen LogP contribution in [0.2, 0.25) is 0 Å². The molecule has 3 rings (SSSR count). The van der Waals surface area contributed by atoms with Gasteiger partial charge in [0.2, 0.25) is 10.0 Å². The number of carboxylic acid groups (broad SMARTS) is 1. The van der Waals surface area contributed by atoms with Crippen LogP contribution < -0.4 is 4.72 Å². The van der Waals surface area contributed by atoms with Crippen molar-refractivity contribution in [1.82, 2.24) is 4.72 Å². The minimum absolute atomic E-state index is 0.0368. The largest absolute Gasteiger partial charge is 0.481 e. The maximum Gasteiger partial charge on any atom is 0.315 e. The fraction of sp³-hybridized carbons (Fsp3) is 0.500. The summed E-state index contributed by atoms with van der Waals surface area (Å²) in [5, 5.41) is 9.19. The Morgan fingerprint density at radius 2 is 2.00 bits per heavy atom. The number of hydrogen-bond acceptors (Lipinski definition) is 4. The molecule has 2 N–H and O–H groups in total. The number of benzene rings is 1. The summed E-state index contributed by atoms with van der Waals surface area (Å²) in [7, 11) is -3.71. The molecule has 0 unspecified atom stereocenters. The number of aliphatic carboxylic acids is 1. The highest BCUT2D eigenvalue weighted by Crippen LogP contribution is 2.42. The molecule has 1 saturated carbocycles. The fourth-order valence-corrected chi connectivity index (χ4v) is 3.84. The van der Waals surface area contributed by atoms with Crippen molar-refractivity contribution in [3.63, 3.8) is 0 Å². The third kappa shape index (κ3) is 2.68. The van der Waals surface area contributed by atoms with Crippen LogP contribution in [0, 0.1) is 5.41 Å².